The predicted octanol–water partition coefficient (Wildman–Crippen LogP) is 2.53. The molecular weight excluding hydrogens is 294 g/mol. The minimum Gasteiger partial charge on any atom is -0.373 e. The highest BCUT2D eigenvalue weighted by Crippen LogP contribution is 2.24. The van der Waals surface area contributed by atoms with E-state index in [0.29, 0.717) is 5.82 Å². The highest BCUT2D eigenvalue weighted by atomic mass is 32.2. The molecule has 5 nitrogen and oxygen atoms in total. The van der Waals surface area contributed by atoms with Gasteiger partial charge in [0.15, 0.2) is 0 Å². The Bertz CT molecular complexity index is 678. The zero-order valence-corrected chi connectivity index (χ0v) is 13.2. The maximum Gasteiger partial charge on any atom is 0.242 e. The van der Waals surface area contributed by atoms with Gasteiger partial charge in [-0.25, -0.2) is 18.1 Å². The molecule has 0 radical (unpaired) electrons. The molecule has 2 N–H and O–H groups in total. The van der Waals surface area contributed by atoms with E-state index < -0.39 is 10.0 Å². The lowest BCUT2D eigenvalue weighted by Crippen LogP contribution is -2.26. The highest BCUT2D eigenvalue weighted by Gasteiger charge is 2.19. The molecule has 0 fully saturated rings. The summed E-state index contributed by atoms with van der Waals surface area (Å²) in [7, 11) is -1.82. The second-order valence-electron chi connectivity index (χ2n) is 4.42. The van der Waals surface area contributed by atoms with Crippen LogP contribution < -0.4 is 10.0 Å². The van der Waals surface area contributed by atoms with E-state index >= 15 is 0 Å². The molecule has 2 aromatic heterocycles. The van der Waals surface area contributed by atoms with Crippen molar-refractivity contribution in [3.63, 3.8) is 0 Å². The quantitative estimate of drug-likeness (QED) is 0.890. The van der Waals surface area contributed by atoms with E-state index in [0.717, 1.165) is 9.75 Å². The lowest BCUT2D eigenvalue weighted by Gasteiger charge is -2.12. The zero-order valence-electron chi connectivity index (χ0n) is 11.5. The van der Waals surface area contributed by atoms with Crippen molar-refractivity contribution in [2.75, 3.05) is 12.4 Å². The van der Waals surface area contributed by atoms with Crippen LogP contribution in [0.25, 0.3) is 0 Å². The Morgan fingerprint density at radius 1 is 1.25 bits per heavy atom. The van der Waals surface area contributed by atoms with E-state index in [4.69, 9.17) is 0 Å². The van der Waals surface area contributed by atoms with Crippen LogP contribution in [0, 0.1) is 6.92 Å². The monoisotopic (exact) mass is 311 g/mol. The molecular formula is C13H17N3O2S2. The molecule has 2 aromatic rings. The van der Waals surface area contributed by atoms with Crippen LogP contribution in [-0.4, -0.2) is 20.4 Å². The SMILES string of the molecule is CNc1ccc(S(=O)(=O)NC(C)c2ccc(C)s2)cn1. The van der Waals surface area contributed by atoms with Gasteiger partial charge < -0.3 is 5.32 Å². The Morgan fingerprint density at radius 3 is 2.50 bits per heavy atom. The summed E-state index contributed by atoms with van der Waals surface area (Å²) in [5, 5.41) is 2.85. The van der Waals surface area contributed by atoms with Crippen molar-refractivity contribution in [1.82, 2.24) is 9.71 Å². The van der Waals surface area contributed by atoms with Crippen LogP contribution in [0.15, 0.2) is 35.4 Å². The number of anilines is 1. The van der Waals surface area contributed by atoms with Gasteiger partial charge in [-0.2, -0.15) is 0 Å². The fourth-order valence-corrected chi connectivity index (χ4v) is 3.85. The number of thiophene rings is 1. The second-order valence-corrected chi connectivity index (χ2v) is 7.45. The maximum absolute atomic E-state index is 12.3. The summed E-state index contributed by atoms with van der Waals surface area (Å²) in [6.45, 7) is 3.83. The minimum absolute atomic E-state index is 0.164. The number of nitrogens with one attached hydrogen (secondary N) is 2. The summed E-state index contributed by atoms with van der Waals surface area (Å²) >= 11 is 1.59. The Balaban J connectivity index is 2.17. The molecule has 1 atom stereocenters. The Morgan fingerprint density at radius 2 is 2.00 bits per heavy atom. The largest absolute Gasteiger partial charge is 0.373 e. The number of rotatable bonds is 5. The van der Waals surface area contributed by atoms with Crippen LogP contribution >= 0.6 is 11.3 Å². The second kappa shape index (κ2) is 5.90. The number of aryl methyl sites for hydroxylation is 1. The third kappa shape index (κ3) is 3.36. The van der Waals surface area contributed by atoms with Crippen LogP contribution in [0.2, 0.25) is 0 Å². The van der Waals surface area contributed by atoms with Gasteiger partial charge >= 0.3 is 0 Å². The van der Waals surface area contributed by atoms with Crippen molar-refractivity contribution in [3.8, 4) is 0 Å². The van der Waals surface area contributed by atoms with Crippen LogP contribution in [0.4, 0.5) is 5.82 Å². The van der Waals surface area contributed by atoms with Crippen LogP contribution in [0.3, 0.4) is 0 Å². The first-order chi connectivity index (χ1) is 9.42. The molecule has 0 bridgehead atoms. The summed E-state index contributed by atoms with van der Waals surface area (Å²) in [4.78, 5) is 6.33. The third-order valence-electron chi connectivity index (χ3n) is 2.82. The van der Waals surface area contributed by atoms with Gasteiger partial charge in [-0.3, -0.25) is 0 Å². The Hall–Kier alpha value is -1.44. The first kappa shape index (κ1) is 15.0. The standard InChI is InChI=1S/C13H17N3O2S2/c1-9-4-6-12(19-9)10(2)16-20(17,18)11-5-7-13(14-3)15-8-11/h4-8,10,16H,1-3H3,(H,14,15). The average Bonchev–Trinajstić information content (AvgIpc) is 2.85. The zero-order chi connectivity index (χ0) is 14.8. The van der Waals surface area contributed by atoms with E-state index in [1.54, 1.807) is 24.5 Å². The Kier molecular flexibility index (Phi) is 4.42. The molecule has 108 valence electrons. The van der Waals surface area contributed by atoms with E-state index in [1.165, 1.54) is 12.3 Å². The summed E-state index contributed by atoms with van der Waals surface area (Å²) in [5.74, 6) is 0.630. The molecule has 0 spiro atoms. The topological polar surface area (TPSA) is 71.1 Å². The van der Waals surface area contributed by atoms with Crippen molar-refractivity contribution in [1.29, 1.82) is 0 Å². The van der Waals surface area contributed by atoms with Crippen LogP contribution in [0.5, 0.6) is 0 Å². The van der Waals surface area contributed by atoms with E-state index in [2.05, 4.69) is 15.0 Å². The highest BCUT2D eigenvalue weighted by molar-refractivity contribution is 7.89. The minimum atomic E-state index is -3.56. The number of hydrogen-bond acceptors (Lipinski definition) is 5. The lowest BCUT2D eigenvalue weighted by atomic mass is 10.3. The fourth-order valence-electron chi connectivity index (χ4n) is 1.73. The molecule has 20 heavy (non-hydrogen) atoms. The molecule has 0 saturated carbocycles. The van der Waals surface area contributed by atoms with Gasteiger partial charge in [0, 0.05) is 23.0 Å². The molecule has 0 amide bonds. The third-order valence-corrected chi connectivity index (χ3v) is 5.53. The van der Waals surface area contributed by atoms with Crippen molar-refractivity contribution < 1.29 is 8.42 Å². The number of nitrogens with zero attached hydrogens (tertiary/aromatic N) is 1. The molecule has 2 rings (SSSR count). The fraction of sp³-hybridized carbons (Fsp3) is 0.308. The van der Waals surface area contributed by atoms with Gasteiger partial charge in [-0.15, -0.1) is 11.3 Å². The molecule has 0 aliphatic rings. The lowest BCUT2D eigenvalue weighted by molar-refractivity contribution is 0.568. The number of sulfonamides is 1. The molecule has 0 aromatic carbocycles. The molecule has 0 aliphatic heterocycles. The van der Waals surface area contributed by atoms with E-state index in [-0.39, 0.29) is 10.9 Å². The van der Waals surface area contributed by atoms with E-state index in [1.807, 2.05) is 26.0 Å². The first-order valence-corrected chi connectivity index (χ1v) is 8.45. The van der Waals surface area contributed by atoms with E-state index in [9.17, 15) is 8.42 Å². The molecule has 1 unspecified atom stereocenters. The van der Waals surface area contributed by atoms with Gasteiger partial charge in [-0.1, -0.05) is 0 Å². The summed E-state index contributed by atoms with van der Waals surface area (Å²) in [5.41, 5.74) is 0. The van der Waals surface area contributed by atoms with Crippen molar-refractivity contribution >= 4 is 27.2 Å². The average molecular weight is 311 g/mol. The van der Waals surface area contributed by atoms with Gasteiger partial charge in [0.25, 0.3) is 0 Å². The van der Waals surface area contributed by atoms with Crippen molar-refractivity contribution in [3.05, 3.63) is 40.2 Å². The molecule has 2 heterocycles. The first-order valence-electron chi connectivity index (χ1n) is 6.15. The van der Waals surface area contributed by atoms with Crippen LogP contribution in [-0.2, 0) is 10.0 Å². The number of hydrogen-bond donors (Lipinski definition) is 2. The Labute approximate surface area is 123 Å². The molecule has 0 aliphatic carbocycles. The number of pyridine rings is 1. The van der Waals surface area contributed by atoms with Gasteiger partial charge in [-0.05, 0) is 38.1 Å². The van der Waals surface area contributed by atoms with Gasteiger partial charge in [0.2, 0.25) is 10.0 Å². The van der Waals surface area contributed by atoms with Crippen molar-refractivity contribution in [2.24, 2.45) is 0 Å². The number of aromatic nitrogens is 1. The predicted molar refractivity (Wildman–Crippen MR) is 81.6 cm³/mol. The summed E-state index contributed by atoms with van der Waals surface area (Å²) in [6.07, 6.45) is 1.35. The maximum atomic E-state index is 12.3. The van der Waals surface area contributed by atoms with Crippen molar-refractivity contribution in [2.45, 2.75) is 24.8 Å². The summed E-state index contributed by atoms with van der Waals surface area (Å²) in [6, 6.07) is 6.83. The molecule has 7 heteroatoms. The smallest absolute Gasteiger partial charge is 0.242 e. The summed E-state index contributed by atoms with van der Waals surface area (Å²) < 4.78 is 27.2. The molecule has 0 saturated heterocycles. The van der Waals surface area contributed by atoms with Crippen LogP contribution in [0.1, 0.15) is 22.7 Å². The normalized spacial score (nSPS) is 13.2. The van der Waals surface area contributed by atoms with Gasteiger partial charge in [0.1, 0.15) is 10.7 Å². The van der Waals surface area contributed by atoms with Gasteiger partial charge in [0.05, 0.1) is 6.04 Å².